The Morgan fingerprint density at radius 1 is 1.07 bits per heavy atom. The molecule has 0 saturated carbocycles. The summed E-state index contributed by atoms with van der Waals surface area (Å²) >= 11 is 0. The molecule has 2 rings (SSSR count). The predicted octanol–water partition coefficient (Wildman–Crippen LogP) is 3.36. The Hall–Kier alpha value is -3.16. The Morgan fingerprint density at radius 2 is 1.74 bits per heavy atom. The van der Waals surface area contributed by atoms with E-state index in [0.717, 1.165) is 12.1 Å². The fourth-order valence-electron chi connectivity index (χ4n) is 2.49. The molecule has 2 aromatic carbocycles. The Balaban J connectivity index is 2.16. The number of ether oxygens (including phenoxy) is 2. The smallest absolute Gasteiger partial charge is 0.226 e. The van der Waals surface area contributed by atoms with Crippen LogP contribution in [0.1, 0.15) is 13.3 Å². The molecule has 0 fully saturated rings. The fraction of sp³-hybridized carbons (Fsp3) is 0.263. The van der Waals surface area contributed by atoms with Crippen molar-refractivity contribution < 1.29 is 27.8 Å². The lowest BCUT2D eigenvalue weighted by atomic mass is 10.2. The topological polar surface area (TPSA) is 67.9 Å². The van der Waals surface area contributed by atoms with Crippen LogP contribution in [0.25, 0.3) is 0 Å². The molecule has 0 spiro atoms. The molecule has 2 amide bonds. The summed E-state index contributed by atoms with van der Waals surface area (Å²) < 4.78 is 37.7. The highest BCUT2D eigenvalue weighted by molar-refractivity contribution is 5.96. The van der Waals surface area contributed by atoms with Gasteiger partial charge in [0.1, 0.15) is 28.8 Å². The van der Waals surface area contributed by atoms with E-state index in [1.165, 1.54) is 32.1 Å². The first-order valence-corrected chi connectivity index (χ1v) is 8.11. The van der Waals surface area contributed by atoms with Crippen molar-refractivity contribution >= 4 is 23.2 Å². The summed E-state index contributed by atoms with van der Waals surface area (Å²) in [6.07, 6.45) is -0.173. The van der Waals surface area contributed by atoms with E-state index in [9.17, 15) is 18.4 Å². The van der Waals surface area contributed by atoms with Crippen molar-refractivity contribution in [3.05, 3.63) is 48.0 Å². The van der Waals surface area contributed by atoms with Crippen LogP contribution in [-0.4, -0.2) is 32.6 Å². The number of amides is 2. The zero-order valence-corrected chi connectivity index (χ0v) is 15.2. The van der Waals surface area contributed by atoms with Crippen LogP contribution in [0, 0.1) is 11.6 Å². The van der Waals surface area contributed by atoms with E-state index >= 15 is 0 Å². The molecule has 0 unspecified atom stereocenters. The first-order chi connectivity index (χ1) is 12.9. The van der Waals surface area contributed by atoms with E-state index < -0.39 is 23.2 Å². The quantitative estimate of drug-likeness (QED) is 0.802. The second kappa shape index (κ2) is 8.98. The minimum atomic E-state index is -0.874. The highest BCUT2D eigenvalue weighted by atomic mass is 19.1. The molecule has 2 aromatic rings. The summed E-state index contributed by atoms with van der Waals surface area (Å²) in [5, 5.41) is 2.19. The third-order valence-corrected chi connectivity index (χ3v) is 3.85. The van der Waals surface area contributed by atoms with Crippen LogP contribution in [0.4, 0.5) is 20.2 Å². The molecule has 144 valence electrons. The van der Waals surface area contributed by atoms with Gasteiger partial charge in [-0.15, -0.1) is 0 Å². The summed E-state index contributed by atoms with van der Waals surface area (Å²) in [6, 6.07) is 8.21. The Labute approximate surface area is 155 Å². The second-order valence-corrected chi connectivity index (χ2v) is 5.60. The maximum atomic E-state index is 13.6. The lowest BCUT2D eigenvalue weighted by molar-refractivity contribution is -0.117. The molecular weight excluding hydrogens is 358 g/mol. The average Bonchev–Trinajstić information content (AvgIpc) is 2.64. The van der Waals surface area contributed by atoms with Gasteiger partial charge in [0.25, 0.3) is 0 Å². The third-order valence-electron chi connectivity index (χ3n) is 3.85. The Morgan fingerprint density at radius 3 is 2.30 bits per heavy atom. The number of benzene rings is 2. The summed E-state index contributed by atoms with van der Waals surface area (Å²) in [5.74, 6) is -1.78. The van der Waals surface area contributed by atoms with Crippen molar-refractivity contribution in [3.8, 4) is 11.5 Å². The average molecular weight is 378 g/mol. The normalized spacial score (nSPS) is 10.3. The number of hydrogen-bond acceptors (Lipinski definition) is 4. The van der Waals surface area contributed by atoms with Crippen molar-refractivity contribution in [2.45, 2.75) is 13.3 Å². The van der Waals surface area contributed by atoms with Gasteiger partial charge in [0.15, 0.2) is 0 Å². The Bertz CT molecular complexity index is 822. The monoisotopic (exact) mass is 378 g/mol. The molecule has 0 heterocycles. The minimum Gasteiger partial charge on any atom is -0.497 e. The van der Waals surface area contributed by atoms with Crippen molar-refractivity contribution in [2.24, 2.45) is 0 Å². The number of hydrogen-bond donors (Lipinski definition) is 1. The highest BCUT2D eigenvalue weighted by Gasteiger charge is 2.19. The zero-order valence-electron chi connectivity index (χ0n) is 15.2. The molecule has 0 bridgehead atoms. The lowest BCUT2D eigenvalue weighted by Crippen LogP contribution is -2.32. The number of anilines is 2. The van der Waals surface area contributed by atoms with Gasteiger partial charge in [-0.3, -0.25) is 9.59 Å². The molecular formula is C19H20F2N2O4. The molecule has 0 aliphatic carbocycles. The van der Waals surface area contributed by atoms with E-state index in [2.05, 4.69) is 5.32 Å². The second-order valence-electron chi connectivity index (χ2n) is 5.60. The van der Waals surface area contributed by atoms with E-state index in [4.69, 9.17) is 9.47 Å². The lowest BCUT2D eigenvalue weighted by Gasteiger charge is -2.23. The van der Waals surface area contributed by atoms with Gasteiger partial charge in [-0.25, -0.2) is 8.78 Å². The number of carbonyl (C=O) groups is 2. The molecule has 0 aliphatic rings. The largest absolute Gasteiger partial charge is 0.497 e. The van der Waals surface area contributed by atoms with E-state index in [1.807, 2.05) is 0 Å². The minimum absolute atomic E-state index is 0.0131. The number of nitrogens with one attached hydrogen (secondary N) is 1. The molecule has 0 atom stereocenters. The maximum absolute atomic E-state index is 13.6. The van der Waals surface area contributed by atoms with Gasteiger partial charge in [0, 0.05) is 26.0 Å². The third kappa shape index (κ3) is 4.93. The maximum Gasteiger partial charge on any atom is 0.226 e. The van der Waals surface area contributed by atoms with Crippen molar-refractivity contribution in [3.63, 3.8) is 0 Å². The number of methoxy groups -OCH3 is 2. The molecule has 0 saturated heterocycles. The number of para-hydroxylation sites is 1. The van der Waals surface area contributed by atoms with Crippen LogP contribution >= 0.6 is 0 Å². The summed E-state index contributed by atoms with van der Waals surface area (Å²) in [5.41, 5.74) is -0.0925. The van der Waals surface area contributed by atoms with Gasteiger partial charge in [-0.2, -0.15) is 0 Å². The highest BCUT2D eigenvalue weighted by Crippen LogP contribution is 2.32. The van der Waals surface area contributed by atoms with Crippen molar-refractivity contribution in [2.75, 3.05) is 31.0 Å². The van der Waals surface area contributed by atoms with Crippen LogP contribution in [0.5, 0.6) is 11.5 Å². The molecule has 0 aromatic heterocycles. The van der Waals surface area contributed by atoms with Gasteiger partial charge in [-0.05, 0) is 24.3 Å². The number of halogens is 2. The van der Waals surface area contributed by atoms with Crippen molar-refractivity contribution in [1.29, 1.82) is 0 Å². The van der Waals surface area contributed by atoms with Gasteiger partial charge in [0.2, 0.25) is 11.8 Å². The molecule has 1 N–H and O–H groups in total. The van der Waals surface area contributed by atoms with Crippen LogP contribution in [-0.2, 0) is 9.59 Å². The standard InChI is InChI=1S/C19H20F2N2O4/c1-12(24)23(16-11-13(26-2)7-8-17(16)27-3)10-9-18(25)22-19-14(20)5-4-6-15(19)21/h4-8,11H,9-10H2,1-3H3,(H,22,25). The van der Waals surface area contributed by atoms with E-state index in [-0.39, 0.29) is 18.9 Å². The molecule has 27 heavy (non-hydrogen) atoms. The molecule has 0 radical (unpaired) electrons. The van der Waals surface area contributed by atoms with Gasteiger partial charge in [-0.1, -0.05) is 6.07 Å². The SMILES string of the molecule is COc1ccc(OC)c(N(CCC(=O)Nc2c(F)cccc2F)C(C)=O)c1. The first kappa shape index (κ1) is 20.2. The van der Waals surface area contributed by atoms with Crippen molar-refractivity contribution in [1.82, 2.24) is 0 Å². The zero-order chi connectivity index (χ0) is 20.0. The van der Waals surface area contributed by atoms with Gasteiger partial charge >= 0.3 is 0 Å². The molecule has 8 heteroatoms. The number of rotatable bonds is 7. The van der Waals surface area contributed by atoms with E-state index in [1.54, 1.807) is 18.2 Å². The van der Waals surface area contributed by atoms with Gasteiger partial charge < -0.3 is 19.7 Å². The number of nitrogens with zero attached hydrogens (tertiary/aromatic N) is 1. The first-order valence-electron chi connectivity index (χ1n) is 8.11. The number of carbonyl (C=O) groups excluding carboxylic acids is 2. The van der Waals surface area contributed by atoms with Crippen LogP contribution in [0.3, 0.4) is 0 Å². The van der Waals surface area contributed by atoms with Crippen LogP contribution in [0.15, 0.2) is 36.4 Å². The molecule has 0 aliphatic heterocycles. The fourth-order valence-corrected chi connectivity index (χ4v) is 2.49. The van der Waals surface area contributed by atoms with Crippen LogP contribution < -0.4 is 19.7 Å². The van der Waals surface area contributed by atoms with Gasteiger partial charge in [0.05, 0.1) is 19.9 Å². The van der Waals surface area contributed by atoms with E-state index in [0.29, 0.717) is 17.2 Å². The summed E-state index contributed by atoms with van der Waals surface area (Å²) in [7, 11) is 2.94. The predicted molar refractivity (Wildman–Crippen MR) is 97.2 cm³/mol. The molecule has 6 nitrogen and oxygen atoms in total. The van der Waals surface area contributed by atoms with Crippen LogP contribution in [0.2, 0.25) is 0 Å². The summed E-state index contributed by atoms with van der Waals surface area (Å²) in [4.78, 5) is 25.5. The Kier molecular flexibility index (Phi) is 6.70. The summed E-state index contributed by atoms with van der Waals surface area (Å²) in [6.45, 7) is 1.33.